The number of rotatable bonds is 8. The first-order valence-corrected chi connectivity index (χ1v) is 4.81. The van der Waals surface area contributed by atoms with E-state index < -0.39 is 0 Å². The maximum Gasteiger partial charge on any atom is 0.160 e. The molecule has 0 aliphatic carbocycles. The third-order valence-corrected chi connectivity index (χ3v) is 1.76. The second-order valence-corrected chi connectivity index (χ2v) is 2.83. The summed E-state index contributed by atoms with van der Waals surface area (Å²) in [4.78, 5) is 0. The van der Waals surface area contributed by atoms with Gasteiger partial charge in [0.2, 0.25) is 0 Å². The molecule has 0 radical (unpaired) electrons. The van der Waals surface area contributed by atoms with Crippen LogP contribution in [0.1, 0.15) is 19.3 Å². The van der Waals surface area contributed by atoms with Gasteiger partial charge in [0.25, 0.3) is 0 Å². The van der Waals surface area contributed by atoms with Crippen molar-refractivity contribution in [3.05, 3.63) is 24.3 Å². The minimum Gasteiger partial charge on any atom is -0.396 e. The van der Waals surface area contributed by atoms with Crippen LogP contribution in [-0.2, 0) is 9.47 Å². The van der Waals surface area contributed by atoms with Crippen LogP contribution >= 0.6 is 0 Å². The predicted octanol–water partition coefficient (Wildman–Crippen LogP) is 1.88. The van der Waals surface area contributed by atoms with Gasteiger partial charge in [-0.2, -0.15) is 0 Å². The van der Waals surface area contributed by atoms with Crippen LogP contribution in [0.25, 0.3) is 0 Å². The molecule has 0 saturated heterocycles. The Hall–Kier alpha value is -0.640. The molecular formula is C11H20O3. The molecule has 0 fully saturated rings. The number of hydrogen-bond donors (Lipinski definition) is 1. The highest BCUT2D eigenvalue weighted by Gasteiger charge is 1.99. The average molecular weight is 200 g/mol. The minimum absolute atomic E-state index is 0.146. The lowest BCUT2D eigenvalue weighted by molar-refractivity contribution is -0.0986. The van der Waals surface area contributed by atoms with Crippen molar-refractivity contribution in [2.24, 2.45) is 0 Å². The fraction of sp³-hybridized carbons (Fsp3) is 0.636. The molecule has 0 bridgehead atoms. The van der Waals surface area contributed by atoms with Crippen LogP contribution in [0.3, 0.4) is 0 Å². The Morgan fingerprint density at radius 2 is 1.71 bits per heavy atom. The average Bonchev–Trinajstić information content (AvgIpc) is 2.22. The molecule has 3 nitrogen and oxygen atoms in total. The van der Waals surface area contributed by atoms with Crippen LogP contribution in [0.5, 0.6) is 0 Å². The molecule has 0 unspecified atom stereocenters. The molecular weight excluding hydrogens is 180 g/mol. The van der Waals surface area contributed by atoms with Crippen molar-refractivity contribution in [3.8, 4) is 0 Å². The summed E-state index contributed by atoms with van der Waals surface area (Å²) in [6.45, 7) is 0.218. The maximum atomic E-state index is 8.50. The standard InChI is InChI=1S/C11H20O3/c1-13-11(14-2)9-7-5-3-4-6-8-10-12/h4-7,11-12H,3,8-10H2,1-2H3/b6-4-,7-5-. The van der Waals surface area contributed by atoms with Crippen LogP contribution in [0.15, 0.2) is 24.3 Å². The minimum atomic E-state index is -0.146. The Kier molecular flexibility index (Phi) is 9.96. The van der Waals surface area contributed by atoms with Gasteiger partial charge in [-0.25, -0.2) is 0 Å². The highest BCUT2D eigenvalue weighted by atomic mass is 16.7. The number of aliphatic hydroxyl groups excluding tert-OH is 1. The first-order valence-electron chi connectivity index (χ1n) is 4.81. The van der Waals surface area contributed by atoms with Gasteiger partial charge in [-0.15, -0.1) is 0 Å². The summed E-state index contributed by atoms with van der Waals surface area (Å²) in [6, 6.07) is 0. The SMILES string of the molecule is COC(C/C=C\C/C=C\CCO)OC. The van der Waals surface area contributed by atoms with E-state index in [1.165, 1.54) is 0 Å². The smallest absolute Gasteiger partial charge is 0.160 e. The lowest BCUT2D eigenvalue weighted by Crippen LogP contribution is -2.10. The molecule has 1 N–H and O–H groups in total. The summed E-state index contributed by atoms with van der Waals surface area (Å²) in [5, 5.41) is 8.50. The van der Waals surface area contributed by atoms with E-state index in [4.69, 9.17) is 14.6 Å². The zero-order chi connectivity index (χ0) is 10.6. The van der Waals surface area contributed by atoms with E-state index in [-0.39, 0.29) is 12.9 Å². The van der Waals surface area contributed by atoms with E-state index in [9.17, 15) is 0 Å². The molecule has 0 aliphatic heterocycles. The fourth-order valence-corrected chi connectivity index (χ4v) is 0.959. The topological polar surface area (TPSA) is 38.7 Å². The zero-order valence-electron chi connectivity index (χ0n) is 8.98. The van der Waals surface area contributed by atoms with E-state index >= 15 is 0 Å². The molecule has 0 heterocycles. The molecule has 0 amide bonds. The molecule has 0 aromatic carbocycles. The van der Waals surface area contributed by atoms with Gasteiger partial charge in [0, 0.05) is 27.2 Å². The molecule has 0 aliphatic rings. The number of methoxy groups -OCH3 is 2. The van der Waals surface area contributed by atoms with E-state index in [0.29, 0.717) is 0 Å². The Balaban J connectivity index is 3.43. The molecule has 82 valence electrons. The van der Waals surface area contributed by atoms with E-state index in [0.717, 1.165) is 19.3 Å². The van der Waals surface area contributed by atoms with E-state index in [2.05, 4.69) is 6.08 Å². The quantitative estimate of drug-likeness (QED) is 0.480. The summed E-state index contributed by atoms with van der Waals surface area (Å²) >= 11 is 0. The Morgan fingerprint density at radius 3 is 2.29 bits per heavy atom. The van der Waals surface area contributed by atoms with Gasteiger partial charge in [0.1, 0.15) is 0 Å². The van der Waals surface area contributed by atoms with Crippen LogP contribution in [0.4, 0.5) is 0 Å². The molecule has 0 spiro atoms. The fourth-order valence-electron chi connectivity index (χ4n) is 0.959. The Labute approximate surface area is 86.0 Å². The molecule has 3 heteroatoms. The number of aliphatic hydroxyl groups is 1. The normalized spacial score (nSPS) is 12.3. The van der Waals surface area contributed by atoms with Crippen molar-refractivity contribution < 1.29 is 14.6 Å². The number of allylic oxidation sites excluding steroid dienone is 2. The maximum absolute atomic E-state index is 8.50. The summed E-state index contributed by atoms with van der Waals surface area (Å²) < 4.78 is 10.0. The predicted molar refractivity (Wildman–Crippen MR) is 57.0 cm³/mol. The first-order chi connectivity index (χ1) is 6.85. The van der Waals surface area contributed by atoms with Crippen LogP contribution < -0.4 is 0 Å². The molecule has 0 saturated carbocycles. The van der Waals surface area contributed by atoms with Crippen molar-refractivity contribution >= 4 is 0 Å². The highest BCUT2D eigenvalue weighted by molar-refractivity contribution is 4.93. The molecule has 0 aromatic rings. The summed E-state index contributed by atoms with van der Waals surface area (Å²) in [7, 11) is 3.26. The Morgan fingerprint density at radius 1 is 1.07 bits per heavy atom. The molecule has 0 rings (SSSR count). The van der Waals surface area contributed by atoms with Crippen LogP contribution in [-0.4, -0.2) is 32.2 Å². The second-order valence-electron chi connectivity index (χ2n) is 2.83. The Bertz CT molecular complexity index is 160. The van der Waals surface area contributed by atoms with Crippen molar-refractivity contribution in [3.63, 3.8) is 0 Å². The van der Waals surface area contributed by atoms with E-state index in [1.807, 2.05) is 18.2 Å². The lowest BCUT2D eigenvalue weighted by Gasteiger charge is -2.09. The van der Waals surface area contributed by atoms with Crippen molar-refractivity contribution in [2.45, 2.75) is 25.6 Å². The number of hydrogen-bond acceptors (Lipinski definition) is 3. The lowest BCUT2D eigenvalue weighted by atomic mass is 10.3. The highest BCUT2D eigenvalue weighted by Crippen LogP contribution is 1.99. The van der Waals surface area contributed by atoms with Crippen molar-refractivity contribution in [1.82, 2.24) is 0 Å². The van der Waals surface area contributed by atoms with Gasteiger partial charge >= 0.3 is 0 Å². The third-order valence-electron chi connectivity index (χ3n) is 1.76. The van der Waals surface area contributed by atoms with Gasteiger partial charge in [-0.05, 0) is 12.8 Å². The van der Waals surface area contributed by atoms with Gasteiger partial charge < -0.3 is 14.6 Å². The molecule has 0 aromatic heterocycles. The van der Waals surface area contributed by atoms with Crippen molar-refractivity contribution in [2.75, 3.05) is 20.8 Å². The summed E-state index contributed by atoms with van der Waals surface area (Å²) in [5.74, 6) is 0. The van der Waals surface area contributed by atoms with Gasteiger partial charge in [0.05, 0.1) is 0 Å². The summed E-state index contributed by atoms with van der Waals surface area (Å²) in [5.41, 5.74) is 0. The van der Waals surface area contributed by atoms with E-state index in [1.54, 1.807) is 14.2 Å². The van der Waals surface area contributed by atoms with Gasteiger partial charge in [0.15, 0.2) is 6.29 Å². The summed E-state index contributed by atoms with van der Waals surface area (Å²) in [6.07, 6.45) is 10.3. The van der Waals surface area contributed by atoms with Crippen LogP contribution in [0.2, 0.25) is 0 Å². The van der Waals surface area contributed by atoms with Gasteiger partial charge in [-0.3, -0.25) is 0 Å². The monoisotopic (exact) mass is 200 g/mol. The van der Waals surface area contributed by atoms with Crippen molar-refractivity contribution in [1.29, 1.82) is 0 Å². The number of ether oxygens (including phenoxy) is 2. The third kappa shape index (κ3) is 7.98. The first kappa shape index (κ1) is 13.4. The molecule has 0 atom stereocenters. The zero-order valence-corrected chi connectivity index (χ0v) is 8.98. The van der Waals surface area contributed by atoms with Crippen LogP contribution in [0, 0.1) is 0 Å². The largest absolute Gasteiger partial charge is 0.396 e. The second kappa shape index (κ2) is 10.4. The van der Waals surface area contributed by atoms with Gasteiger partial charge in [-0.1, -0.05) is 24.3 Å². The molecule has 14 heavy (non-hydrogen) atoms.